The third kappa shape index (κ3) is 7.73. The van der Waals surface area contributed by atoms with Gasteiger partial charge in [-0.2, -0.15) is 4.98 Å². The number of carbonyl (C=O) groups excluding carboxylic acids is 2. The number of fused-ring (bicyclic) bond motifs is 1. The number of halogens is 1. The summed E-state index contributed by atoms with van der Waals surface area (Å²) in [5.74, 6) is 0.813. The number of nitrogens with one attached hydrogen (secondary N) is 1. The van der Waals surface area contributed by atoms with Crippen molar-refractivity contribution in [2.24, 2.45) is 0 Å². The van der Waals surface area contributed by atoms with Crippen molar-refractivity contribution in [3.63, 3.8) is 0 Å². The lowest BCUT2D eigenvalue weighted by molar-refractivity contribution is -0.146. The molecule has 3 heterocycles. The number of anilines is 1. The van der Waals surface area contributed by atoms with Crippen LogP contribution in [0, 0.1) is 5.82 Å². The number of thioether (sulfide) groups is 1. The standard InChI is InChI=1S/C34H40FN5O6S/c1-3-44-28-19-23(13-14-27(28)45-20-29(41)39-15-17-43-18-16-39)31-30(32(42)46-25-10-5-4-6-11-25)22(2)36-33-37-34(38-40(31)33)47-21-24-9-7-8-12-26(24)35/h7-9,12-14,19,25,31H,3-6,10-11,15-18,20-21H2,1-2H3,(H,36,37,38). The molecule has 1 N–H and O–H groups in total. The zero-order valence-electron chi connectivity index (χ0n) is 26.7. The van der Waals surface area contributed by atoms with Crippen LogP contribution in [0.1, 0.15) is 63.1 Å². The molecule has 1 aromatic heterocycles. The van der Waals surface area contributed by atoms with Crippen molar-refractivity contribution in [3.05, 3.63) is 70.7 Å². The number of carbonyl (C=O) groups is 2. The van der Waals surface area contributed by atoms with Crippen LogP contribution in [0.5, 0.6) is 11.5 Å². The molecule has 3 aliphatic rings. The number of esters is 1. The molecule has 0 radical (unpaired) electrons. The van der Waals surface area contributed by atoms with E-state index in [1.807, 2.05) is 26.0 Å². The van der Waals surface area contributed by atoms with Crippen LogP contribution in [0.3, 0.4) is 0 Å². The normalized spacial score (nSPS) is 18.4. The number of ether oxygens (including phenoxy) is 4. The Morgan fingerprint density at radius 1 is 1.06 bits per heavy atom. The summed E-state index contributed by atoms with van der Waals surface area (Å²) in [5.41, 5.74) is 2.27. The Labute approximate surface area is 277 Å². The van der Waals surface area contributed by atoms with Gasteiger partial charge in [0.05, 0.1) is 25.4 Å². The van der Waals surface area contributed by atoms with Gasteiger partial charge in [-0.25, -0.2) is 13.9 Å². The molecule has 2 aromatic carbocycles. The maximum atomic E-state index is 14.3. The second-order valence-corrected chi connectivity index (χ2v) is 12.6. The van der Waals surface area contributed by atoms with Gasteiger partial charge < -0.3 is 29.2 Å². The van der Waals surface area contributed by atoms with Crippen molar-refractivity contribution in [1.29, 1.82) is 0 Å². The Bertz CT molecular complexity index is 1620. The average Bonchev–Trinajstić information content (AvgIpc) is 3.49. The Balaban J connectivity index is 1.30. The molecular formula is C34H40FN5O6S. The van der Waals surface area contributed by atoms with E-state index < -0.39 is 12.0 Å². The van der Waals surface area contributed by atoms with Crippen LogP contribution in [0.2, 0.25) is 0 Å². The number of benzene rings is 2. The lowest BCUT2D eigenvalue weighted by Gasteiger charge is -2.30. The third-order valence-electron chi connectivity index (χ3n) is 8.49. The summed E-state index contributed by atoms with van der Waals surface area (Å²) < 4.78 is 39.4. The smallest absolute Gasteiger partial charge is 0.338 e. The van der Waals surface area contributed by atoms with Gasteiger partial charge in [0.1, 0.15) is 18.0 Å². The van der Waals surface area contributed by atoms with Gasteiger partial charge in [0.2, 0.25) is 11.1 Å². The molecule has 2 fully saturated rings. The summed E-state index contributed by atoms with van der Waals surface area (Å²) in [6.07, 6.45) is 4.74. The summed E-state index contributed by atoms with van der Waals surface area (Å²) in [5, 5.41) is 8.46. The zero-order chi connectivity index (χ0) is 32.8. The molecule has 11 nitrogen and oxygen atoms in total. The fourth-order valence-corrected chi connectivity index (χ4v) is 6.86. The summed E-state index contributed by atoms with van der Waals surface area (Å²) in [6.45, 7) is 5.99. The van der Waals surface area contributed by atoms with Crippen LogP contribution in [-0.2, 0) is 24.8 Å². The fourth-order valence-electron chi connectivity index (χ4n) is 6.05. The molecule has 3 aromatic rings. The first-order chi connectivity index (χ1) is 22.9. The van der Waals surface area contributed by atoms with Crippen molar-refractivity contribution < 1.29 is 32.9 Å². The highest BCUT2D eigenvalue weighted by Gasteiger charge is 2.37. The average molecular weight is 666 g/mol. The van der Waals surface area contributed by atoms with Crippen molar-refractivity contribution in [2.75, 3.05) is 44.8 Å². The monoisotopic (exact) mass is 665 g/mol. The van der Waals surface area contributed by atoms with Crippen LogP contribution in [0.25, 0.3) is 0 Å². The van der Waals surface area contributed by atoms with Crippen LogP contribution in [0.15, 0.2) is 58.9 Å². The second kappa shape index (κ2) is 15.2. The Hall–Kier alpha value is -4.10. The third-order valence-corrected chi connectivity index (χ3v) is 9.38. The van der Waals surface area contributed by atoms with E-state index >= 15 is 0 Å². The number of aromatic nitrogens is 3. The zero-order valence-corrected chi connectivity index (χ0v) is 27.5. The van der Waals surface area contributed by atoms with Crippen LogP contribution < -0.4 is 14.8 Å². The first kappa shape index (κ1) is 32.8. The van der Waals surface area contributed by atoms with E-state index in [0.717, 1.165) is 32.1 Å². The van der Waals surface area contributed by atoms with Gasteiger partial charge in [0, 0.05) is 24.5 Å². The van der Waals surface area contributed by atoms with Gasteiger partial charge in [-0.1, -0.05) is 42.4 Å². The molecule has 0 spiro atoms. The van der Waals surface area contributed by atoms with E-state index in [9.17, 15) is 14.0 Å². The highest BCUT2D eigenvalue weighted by atomic mass is 32.2. The van der Waals surface area contributed by atoms with Crippen LogP contribution >= 0.6 is 11.8 Å². The van der Waals surface area contributed by atoms with Gasteiger partial charge >= 0.3 is 5.97 Å². The quantitative estimate of drug-likeness (QED) is 0.208. The predicted molar refractivity (Wildman–Crippen MR) is 174 cm³/mol. The Kier molecular flexibility index (Phi) is 10.6. The number of hydrogen-bond acceptors (Lipinski definition) is 10. The second-order valence-electron chi connectivity index (χ2n) is 11.7. The Morgan fingerprint density at radius 3 is 2.62 bits per heavy atom. The van der Waals surface area contributed by atoms with E-state index in [4.69, 9.17) is 24.0 Å². The minimum Gasteiger partial charge on any atom is -0.490 e. The molecular weight excluding hydrogens is 625 g/mol. The van der Waals surface area contributed by atoms with Gasteiger partial charge in [-0.05, 0) is 68.9 Å². The summed E-state index contributed by atoms with van der Waals surface area (Å²) in [7, 11) is 0. The maximum Gasteiger partial charge on any atom is 0.338 e. The first-order valence-electron chi connectivity index (χ1n) is 16.2. The highest BCUT2D eigenvalue weighted by molar-refractivity contribution is 7.98. The van der Waals surface area contributed by atoms with E-state index in [-0.39, 0.29) is 24.4 Å². The van der Waals surface area contributed by atoms with Gasteiger partial charge in [0.15, 0.2) is 18.1 Å². The minimum absolute atomic E-state index is 0.128. The largest absolute Gasteiger partial charge is 0.490 e. The Morgan fingerprint density at radius 2 is 1.85 bits per heavy atom. The molecule has 250 valence electrons. The van der Waals surface area contributed by atoms with Crippen LogP contribution in [0.4, 0.5) is 10.3 Å². The van der Waals surface area contributed by atoms with Gasteiger partial charge in [-0.3, -0.25) is 4.79 Å². The predicted octanol–water partition coefficient (Wildman–Crippen LogP) is 5.51. The number of allylic oxidation sites excluding steroid dienone is 1. The fraction of sp³-hybridized carbons (Fsp3) is 0.471. The molecule has 1 atom stereocenters. The number of morpholine rings is 1. The SMILES string of the molecule is CCOc1cc(C2C(C(=O)OC3CCCCC3)=C(C)Nc3nc(SCc4ccccc4F)nn32)ccc1OCC(=O)N1CCOCC1. The minimum atomic E-state index is -0.694. The van der Waals surface area contributed by atoms with Crippen molar-refractivity contribution >= 4 is 29.6 Å². The molecule has 13 heteroatoms. The van der Waals surface area contributed by atoms with Gasteiger partial charge in [-0.15, -0.1) is 5.10 Å². The van der Waals surface area contributed by atoms with E-state index in [0.29, 0.717) is 83.7 Å². The van der Waals surface area contributed by atoms with Crippen molar-refractivity contribution in [3.8, 4) is 11.5 Å². The lowest BCUT2D eigenvalue weighted by Crippen LogP contribution is -2.43. The van der Waals surface area contributed by atoms with Gasteiger partial charge in [0.25, 0.3) is 5.91 Å². The molecule has 47 heavy (non-hydrogen) atoms. The number of rotatable bonds is 11. The topological polar surface area (TPSA) is 117 Å². The number of hydrogen-bond donors (Lipinski definition) is 1. The molecule has 1 aliphatic carbocycles. The van der Waals surface area contributed by atoms with Crippen molar-refractivity contribution in [2.45, 2.75) is 69.0 Å². The molecule has 1 unspecified atom stereocenters. The summed E-state index contributed by atoms with van der Waals surface area (Å²) in [4.78, 5) is 33.1. The molecule has 0 bridgehead atoms. The molecule has 6 rings (SSSR count). The van der Waals surface area contributed by atoms with E-state index in [1.165, 1.54) is 17.8 Å². The van der Waals surface area contributed by atoms with E-state index in [1.54, 1.807) is 33.8 Å². The number of amides is 1. The molecule has 2 aliphatic heterocycles. The molecule has 1 saturated carbocycles. The summed E-state index contributed by atoms with van der Waals surface area (Å²) in [6, 6.07) is 11.3. The first-order valence-corrected chi connectivity index (χ1v) is 17.2. The van der Waals surface area contributed by atoms with Crippen LogP contribution in [-0.4, -0.2) is 77.2 Å². The van der Waals surface area contributed by atoms with E-state index in [2.05, 4.69) is 10.3 Å². The highest BCUT2D eigenvalue weighted by Crippen LogP contribution is 2.40. The number of nitrogens with zero attached hydrogens (tertiary/aromatic N) is 4. The molecule has 1 saturated heterocycles. The summed E-state index contributed by atoms with van der Waals surface area (Å²) >= 11 is 1.31. The lowest BCUT2D eigenvalue weighted by atomic mass is 9.94. The van der Waals surface area contributed by atoms with Crippen molar-refractivity contribution in [1.82, 2.24) is 19.7 Å². The maximum absolute atomic E-state index is 14.3. The molecule has 1 amide bonds.